The first-order chi connectivity index (χ1) is 9.71. The van der Waals surface area contributed by atoms with Crippen molar-refractivity contribution < 1.29 is 4.74 Å². The molecule has 1 saturated heterocycles. The fourth-order valence-corrected chi connectivity index (χ4v) is 3.40. The number of morpholine rings is 1. The summed E-state index contributed by atoms with van der Waals surface area (Å²) in [6, 6.07) is 8.89. The first-order valence-electron chi connectivity index (χ1n) is 7.92. The van der Waals surface area contributed by atoms with Crippen molar-refractivity contribution in [1.82, 2.24) is 4.90 Å². The lowest BCUT2D eigenvalue weighted by Crippen LogP contribution is -2.56. The van der Waals surface area contributed by atoms with Crippen LogP contribution in [0.4, 0.5) is 0 Å². The summed E-state index contributed by atoms with van der Waals surface area (Å²) in [5.74, 6) is 0.431. The zero-order valence-electron chi connectivity index (χ0n) is 14.1. The van der Waals surface area contributed by atoms with Gasteiger partial charge in [-0.15, -0.1) is 0 Å². The van der Waals surface area contributed by atoms with E-state index in [0.29, 0.717) is 12.5 Å². The van der Waals surface area contributed by atoms with Gasteiger partial charge in [-0.25, -0.2) is 0 Å². The minimum Gasteiger partial charge on any atom is -0.367 e. The summed E-state index contributed by atoms with van der Waals surface area (Å²) in [6.45, 7) is 14.5. The summed E-state index contributed by atoms with van der Waals surface area (Å²) < 4.78 is 6.14. The number of hydrogen-bond donors (Lipinski definition) is 1. The number of nitrogens with zero attached hydrogens (tertiary/aromatic N) is 1. The molecule has 0 spiro atoms. The summed E-state index contributed by atoms with van der Waals surface area (Å²) in [5.41, 5.74) is 8.23. The minimum atomic E-state index is -0.0875. The summed E-state index contributed by atoms with van der Waals surface area (Å²) in [4.78, 5) is 2.49. The van der Waals surface area contributed by atoms with Crippen molar-refractivity contribution in [1.29, 1.82) is 0 Å². The van der Waals surface area contributed by atoms with Crippen LogP contribution in [0.5, 0.6) is 0 Å². The normalized spacial score (nSPS) is 23.0. The predicted molar refractivity (Wildman–Crippen MR) is 88.4 cm³/mol. The molecule has 0 aromatic heterocycles. The Morgan fingerprint density at radius 2 is 1.62 bits per heavy atom. The highest BCUT2D eigenvalue weighted by molar-refractivity contribution is 5.25. The van der Waals surface area contributed by atoms with Crippen LogP contribution < -0.4 is 5.73 Å². The van der Waals surface area contributed by atoms with E-state index in [1.807, 2.05) is 0 Å². The molecule has 1 fully saturated rings. The van der Waals surface area contributed by atoms with Gasteiger partial charge in [-0.3, -0.25) is 4.90 Å². The zero-order valence-corrected chi connectivity index (χ0v) is 14.1. The molecule has 0 aliphatic carbocycles. The lowest BCUT2D eigenvalue weighted by Gasteiger charge is -2.47. The van der Waals surface area contributed by atoms with E-state index < -0.39 is 0 Å². The molecule has 3 nitrogen and oxygen atoms in total. The molecular weight excluding hydrogens is 260 g/mol. The second kappa shape index (κ2) is 6.07. The standard InChI is InChI=1S/C18H30N2O/c1-14(10-19)16-8-6-15(7-9-16)11-20-12-17(2,3)21-18(4,5)13-20/h6-9,14H,10-13,19H2,1-5H3. The molecular formula is C18H30N2O. The van der Waals surface area contributed by atoms with E-state index in [4.69, 9.17) is 10.5 Å². The van der Waals surface area contributed by atoms with Crippen LogP contribution in [0, 0.1) is 0 Å². The monoisotopic (exact) mass is 290 g/mol. The molecule has 1 aliphatic rings. The van der Waals surface area contributed by atoms with Gasteiger partial charge >= 0.3 is 0 Å². The van der Waals surface area contributed by atoms with E-state index in [-0.39, 0.29) is 11.2 Å². The first-order valence-corrected chi connectivity index (χ1v) is 7.92. The highest BCUT2D eigenvalue weighted by Gasteiger charge is 2.37. The minimum absolute atomic E-state index is 0.0875. The Kier molecular flexibility index (Phi) is 4.76. The van der Waals surface area contributed by atoms with Crippen LogP contribution in [-0.4, -0.2) is 35.7 Å². The molecule has 0 bridgehead atoms. The molecule has 1 aliphatic heterocycles. The maximum absolute atomic E-state index is 6.14. The second-order valence-electron chi connectivity index (χ2n) is 7.64. The Bertz CT molecular complexity index is 449. The largest absolute Gasteiger partial charge is 0.367 e. The van der Waals surface area contributed by atoms with Crippen molar-refractivity contribution in [2.24, 2.45) is 5.73 Å². The highest BCUT2D eigenvalue weighted by Crippen LogP contribution is 2.29. The molecule has 1 aromatic carbocycles. The van der Waals surface area contributed by atoms with Crippen molar-refractivity contribution in [2.45, 2.75) is 58.3 Å². The van der Waals surface area contributed by atoms with Crippen molar-refractivity contribution in [3.8, 4) is 0 Å². The SMILES string of the molecule is CC(CN)c1ccc(CN2CC(C)(C)OC(C)(C)C2)cc1. The van der Waals surface area contributed by atoms with Crippen molar-refractivity contribution >= 4 is 0 Å². The average Bonchev–Trinajstić information content (AvgIpc) is 2.35. The Morgan fingerprint density at radius 3 is 2.10 bits per heavy atom. The van der Waals surface area contributed by atoms with Gasteiger partial charge in [-0.2, -0.15) is 0 Å². The number of benzene rings is 1. The van der Waals surface area contributed by atoms with Crippen molar-refractivity contribution in [3.63, 3.8) is 0 Å². The number of hydrogen-bond acceptors (Lipinski definition) is 3. The van der Waals surface area contributed by atoms with E-state index in [1.165, 1.54) is 11.1 Å². The van der Waals surface area contributed by atoms with Crippen LogP contribution in [0.25, 0.3) is 0 Å². The van der Waals surface area contributed by atoms with Gasteiger partial charge in [0.25, 0.3) is 0 Å². The zero-order chi connectivity index (χ0) is 15.7. The predicted octanol–water partition coefficient (Wildman–Crippen LogP) is 3.14. The molecule has 1 unspecified atom stereocenters. The van der Waals surface area contributed by atoms with Crippen molar-refractivity contribution in [3.05, 3.63) is 35.4 Å². The van der Waals surface area contributed by atoms with Gasteiger partial charge in [-0.05, 0) is 51.3 Å². The number of rotatable bonds is 4. The fraction of sp³-hybridized carbons (Fsp3) is 0.667. The molecule has 21 heavy (non-hydrogen) atoms. The fourth-order valence-electron chi connectivity index (χ4n) is 3.40. The maximum atomic E-state index is 6.14. The molecule has 3 heteroatoms. The summed E-state index contributed by atoms with van der Waals surface area (Å²) >= 11 is 0. The Labute approximate surface area is 129 Å². The van der Waals surface area contributed by atoms with Crippen LogP contribution in [0.3, 0.4) is 0 Å². The van der Waals surface area contributed by atoms with Crippen LogP contribution in [0.1, 0.15) is 51.7 Å². The van der Waals surface area contributed by atoms with Gasteiger partial charge < -0.3 is 10.5 Å². The molecule has 1 atom stereocenters. The molecule has 1 heterocycles. The molecule has 0 radical (unpaired) electrons. The lowest BCUT2D eigenvalue weighted by atomic mass is 9.97. The Morgan fingerprint density at radius 1 is 1.10 bits per heavy atom. The molecule has 2 rings (SSSR count). The third-order valence-corrected chi connectivity index (χ3v) is 4.07. The molecule has 2 N–H and O–H groups in total. The topological polar surface area (TPSA) is 38.5 Å². The van der Waals surface area contributed by atoms with Crippen LogP contribution in [-0.2, 0) is 11.3 Å². The highest BCUT2D eigenvalue weighted by atomic mass is 16.5. The van der Waals surface area contributed by atoms with Gasteiger partial charge in [0.15, 0.2) is 0 Å². The number of nitrogens with two attached hydrogens (primary N) is 1. The summed E-state index contributed by atoms with van der Waals surface area (Å²) in [6.07, 6.45) is 0. The van der Waals surface area contributed by atoms with E-state index in [1.54, 1.807) is 0 Å². The summed E-state index contributed by atoms with van der Waals surface area (Å²) in [7, 11) is 0. The van der Waals surface area contributed by atoms with Crippen LogP contribution >= 0.6 is 0 Å². The number of ether oxygens (including phenoxy) is 1. The first kappa shape index (κ1) is 16.5. The van der Waals surface area contributed by atoms with Crippen LogP contribution in [0.2, 0.25) is 0 Å². The van der Waals surface area contributed by atoms with Gasteiger partial charge in [0.2, 0.25) is 0 Å². The van der Waals surface area contributed by atoms with Crippen molar-refractivity contribution in [2.75, 3.05) is 19.6 Å². The third-order valence-electron chi connectivity index (χ3n) is 4.07. The van der Waals surface area contributed by atoms with Gasteiger partial charge in [-0.1, -0.05) is 31.2 Å². The molecule has 1 aromatic rings. The van der Waals surface area contributed by atoms with Gasteiger partial charge in [0.1, 0.15) is 0 Å². The van der Waals surface area contributed by atoms with E-state index in [9.17, 15) is 0 Å². The van der Waals surface area contributed by atoms with E-state index in [2.05, 4.69) is 63.8 Å². The van der Waals surface area contributed by atoms with E-state index >= 15 is 0 Å². The average molecular weight is 290 g/mol. The smallest absolute Gasteiger partial charge is 0.0760 e. The molecule has 0 amide bonds. The van der Waals surface area contributed by atoms with Gasteiger partial charge in [0.05, 0.1) is 11.2 Å². The van der Waals surface area contributed by atoms with Gasteiger partial charge in [0, 0.05) is 19.6 Å². The second-order valence-corrected chi connectivity index (χ2v) is 7.64. The Hall–Kier alpha value is -0.900. The molecule has 118 valence electrons. The quantitative estimate of drug-likeness (QED) is 0.926. The maximum Gasteiger partial charge on any atom is 0.0760 e. The van der Waals surface area contributed by atoms with Crippen LogP contribution in [0.15, 0.2) is 24.3 Å². The molecule has 0 saturated carbocycles. The summed E-state index contributed by atoms with van der Waals surface area (Å²) in [5, 5.41) is 0. The Balaban J connectivity index is 2.04. The van der Waals surface area contributed by atoms with E-state index in [0.717, 1.165) is 19.6 Å². The lowest BCUT2D eigenvalue weighted by molar-refractivity contribution is -0.182. The third kappa shape index (κ3) is 4.53.